The van der Waals surface area contributed by atoms with E-state index in [-0.39, 0.29) is 0 Å². The van der Waals surface area contributed by atoms with Crippen LogP contribution in [-0.2, 0) is 6.54 Å². The van der Waals surface area contributed by atoms with E-state index < -0.39 is 5.97 Å². The van der Waals surface area contributed by atoms with Gasteiger partial charge in [0.25, 0.3) is 0 Å². The van der Waals surface area contributed by atoms with E-state index >= 15 is 0 Å². The minimum Gasteiger partial charge on any atom is -0.478 e. The summed E-state index contributed by atoms with van der Waals surface area (Å²) < 4.78 is 2.43. The van der Waals surface area contributed by atoms with Crippen LogP contribution in [0.4, 0.5) is 5.69 Å². The van der Waals surface area contributed by atoms with Crippen molar-refractivity contribution >= 4 is 22.6 Å². The zero-order valence-electron chi connectivity index (χ0n) is 20.8. The van der Waals surface area contributed by atoms with Crippen molar-refractivity contribution in [3.05, 3.63) is 53.6 Å². The topological polar surface area (TPSA) is 48.7 Å². The maximum absolute atomic E-state index is 11.8. The minimum atomic E-state index is -0.857. The molecule has 34 heavy (non-hydrogen) atoms. The molecule has 1 fully saturated rings. The highest BCUT2D eigenvalue weighted by atomic mass is 16.4. The highest BCUT2D eigenvalue weighted by Gasteiger charge is 2.30. The number of likely N-dealkylation sites (N-methyl/N-ethyl adjacent to an activating group) is 1. The lowest BCUT2D eigenvalue weighted by Gasteiger charge is -2.29. The van der Waals surface area contributed by atoms with Crippen molar-refractivity contribution in [1.29, 1.82) is 0 Å². The number of aromatic carboxylic acids is 1. The van der Waals surface area contributed by atoms with E-state index in [9.17, 15) is 9.90 Å². The summed E-state index contributed by atoms with van der Waals surface area (Å²) in [6, 6.07) is 15.1. The normalized spacial score (nSPS) is 16.7. The Morgan fingerprint density at radius 2 is 1.85 bits per heavy atom. The van der Waals surface area contributed by atoms with Gasteiger partial charge in [0.2, 0.25) is 0 Å². The van der Waals surface area contributed by atoms with Crippen molar-refractivity contribution in [2.24, 2.45) is 0 Å². The number of fused-ring (bicyclic) bond motifs is 5. The van der Waals surface area contributed by atoms with Crippen molar-refractivity contribution in [2.75, 3.05) is 31.6 Å². The fourth-order valence-electron chi connectivity index (χ4n) is 5.90. The Morgan fingerprint density at radius 3 is 2.59 bits per heavy atom. The first-order valence-corrected chi connectivity index (χ1v) is 12.9. The van der Waals surface area contributed by atoms with Crippen LogP contribution in [0.2, 0.25) is 0 Å². The average Bonchev–Trinajstić information content (AvgIpc) is 3.08. The van der Waals surface area contributed by atoms with Gasteiger partial charge in [-0.3, -0.25) is 0 Å². The van der Waals surface area contributed by atoms with Crippen LogP contribution in [0.5, 0.6) is 0 Å². The zero-order valence-corrected chi connectivity index (χ0v) is 20.8. The highest BCUT2D eigenvalue weighted by molar-refractivity contribution is 5.99. The largest absolute Gasteiger partial charge is 0.478 e. The molecule has 2 aliphatic rings. The van der Waals surface area contributed by atoms with Crippen molar-refractivity contribution in [3.63, 3.8) is 0 Å². The van der Waals surface area contributed by atoms with Gasteiger partial charge in [-0.15, -0.1) is 0 Å². The molecule has 2 heterocycles. The van der Waals surface area contributed by atoms with Crippen molar-refractivity contribution in [2.45, 2.75) is 64.5 Å². The Hall–Kier alpha value is -2.79. The number of hydrogen-bond acceptors (Lipinski definition) is 3. The van der Waals surface area contributed by atoms with Crippen LogP contribution in [0, 0.1) is 0 Å². The summed E-state index contributed by atoms with van der Waals surface area (Å²) in [5.74, 6) is -0.320. The molecule has 0 saturated heterocycles. The quantitative estimate of drug-likeness (QED) is 0.476. The molecule has 0 bridgehead atoms. The van der Waals surface area contributed by atoms with E-state index in [4.69, 9.17) is 0 Å². The Balaban J connectivity index is 1.67. The molecule has 0 unspecified atom stereocenters. The summed E-state index contributed by atoms with van der Waals surface area (Å²) in [6.07, 6.45) is 6.32. The summed E-state index contributed by atoms with van der Waals surface area (Å²) >= 11 is 0. The summed E-state index contributed by atoms with van der Waals surface area (Å²) in [7, 11) is 2.19. The lowest BCUT2D eigenvalue weighted by molar-refractivity contribution is 0.0697. The molecular weight excluding hydrogens is 422 g/mol. The Bertz CT molecular complexity index is 1190. The molecule has 5 rings (SSSR count). The van der Waals surface area contributed by atoms with Crippen LogP contribution in [-0.4, -0.2) is 53.3 Å². The Labute approximate surface area is 203 Å². The number of benzene rings is 2. The van der Waals surface area contributed by atoms with E-state index in [2.05, 4.69) is 65.6 Å². The predicted octanol–water partition coefficient (Wildman–Crippen LogP) is 6.21. The summed E-state index contributed by atoms with van der Waals surface area (Å²) in [5, 5.41) is 10.9. The molecule has 5 heteroatoms. The molecule has 2 aromatic carbocycles. The number of nitrogens with zero attached hydrogens (tertiary/aromatic N) is 3. The van der Waals surface area contributed by atoms with Crippen LogP contribution in [0.3, 0.4) is 0 Å². The first-order valence-electron chi connectivity index (χ1n) is 12.9. The third kappa shape index (κ3) is 4.11. The predicted molar refractivity (Wildman–Crippen MR) is 140 cm³/mol. The molecule has 0 radical (unpaired) electrons. The van der Waals surface area contributed by atoms with Gasteiger partial charge >= 0.3 is 5.97 Å². The lowest BCUT2D eigenvalue weighted by atomic mass is 9.81. The monoisotopic (exact) mass is 459 g/mol. The maximum atomic E-state index is 11.8. The van der Waals surface area contributed by atoms with Crippen LogP contribution >= 0.6 is 0 Å². The lowest BCUT2D eigenvalue weighted by Crippen LogP contribution is -2.37. The molecule has 1 aliphatic heterocycles. The smallest absolute Gasteiger partial charge is 0.335 e. The third-order valence-electron chi connectivity index (χ3n) is 8.06. The van der Waals surface area contributed by atoms with Gasteiger partial charge in [0.1, 0.15) is 0 Å². The van der Waals surface area contributed by atoms with E-state index in [1.165, 1.54) is 60.0 Å². The molecule has 1 N–H and O–H groups in total. The molecule has 5 nitrogen and oxygen atoms in total. The third-order valence-corrected chi connectivity index (χ3v) is 8.06. The summed E-state index contributed by atoms with van der Waals surface area (Å²) in [5.41, 5.74) is 6.81. The van der Waals surface area contributed by atoms with Gasteiger partial charge in [0.05, 0.1) is 11.3 Å². The number of carboxylic acid groups (broad SMARTS) is 1. The standard InChI is InChI=1S/C29H37N3O2/c1-20(2)30(3)15-16-31-17-18-32-26-19-22(29(33)34)13-14-23(26)27(21-9-5-4-6-10-21)28(32)24-11-7-8-12-25(24)31/h7-8,11-14,19-21H,4-6,9-10,15-18H2,1-3H3,(H,33,34). The molecule has 180 valence electrons. The number of rotatable bonds is 6. The fourth-order valence-corrected chi connectivity index (χ4v) is 5.90. The van der Waals surface area contributed by atoms with Gasteiger partial charge in [-0.05, 0) is 63.4 Å². The second-order valence-electron chi connectivity index (χ2n) is 10.4. The number of hydrogen-bond donors (Lipinski definition) is 1. The second kappa shape index (κ2) is 9.46. The molecule has 0 amide bonds. The fraction of sp³-hybridized carbons (Fsp3) is 0.483. The van der Waals surface area contributed by atoms with Crippen LogP contribution in [0.1, 0.15) is 67.8 Å². The first kappa shape index (κ1) is 23.0. The molecule has 1 aromatic heterocycles. The highest BCUT2D eigenvalue weighted by Crippen LogP contribution is 2.47. The molecule has 1 saturated carbocycles. The van der Waals surface area contributed by atoms with Crippen molar-refractivity contribution in [3.8, 4) is 11.3 Å². The van der Waals surface area contributed by atoms with Crippen LogP contribution in [0.25, 0.3) is 22.2 Å². The van der Waals surface area contributed by atoms with Crippen LogP contribution in [0.15, 0.2) is 42.5 Å². The second-order valence-corrected chi connectivity index (χ2v) is 10.4. The van der Waals surface area contributed by atoms with Crippen molar-refractivity contribution in [1.82, 2.24) is 9.47 Å². The molecule has 1 aliphatic carbocycles. The van der Waals surface area contributed by atoms with E-state index in [0.717, 1.165) is 31.7 Å². The van der Waals surface area contributed by atoms with Gasteiger partial charge in [0, 0.05) is 54.4 Å². The number of anilines is 1. The van der Waals surface area contributed by atoms with E-state index in [1.807, 2.05) is 6.07 Å². The van der Waals surface area contributed by atoms with Gasteiger partial charge in [0.15, 0.2) is 0 Å². The number of aromatic nitrogens is 1. The maximum Gasteiger partial charge on any atom is 0.335 e. The summed E-state index contributed by atoms with van der Waals surface area (Å²) in [4.78, 5) is 16.7. The van der Waals surface area contributed by atoms with E-state index in [0.29, 0.717) is 17.5 Å². The zero-order chi connectivity index (χ0) is 23.8. The van der Waals surface area contributed by atoms with Gasteiger partial charge in [-0.2, -0.15) is 0 Å². The van der Waals surface area contributed by atoms with Gasteiger partial charge in [-0.25, -0.2) is 4.79 Å². The molecule has 3 aromatic rings. The van der Waals surface area contributed by atoms with E-state index in [1.54, 1.807) is 6.07 Å². The van der Waals surface area contributed by atoms with Gasteiger partial charge in [-0.1, -0.05) is 43.5 Å². The molecule has 0 spiro atoms. The number of para-hydroxylation sites is 1. The molecular formula is C29H37N3O2. The SMILES string of the molecule is CC(C)N(C)CCN1CCn2c(c(C3CCCCC3)c3ccc(C(=O)O)cc32)-c2ccccc21. The van der Waals surface area contributed by atoms with Gasteiger partial charge < -0.3 is 19.5 Å². The Morgan fingerprint density at radius 1 is 1.09 bits per heavy atom. The average molecular weight is 460 g/mol. The number of carboxylic acids is 1. The summed E-state index contributed by atoms with van der Waals surface area (Å²) in [6.45, 7) is 8.26. The minimum absolute atomic E-state index is 0.371. The number of carbonyl (C=O) groups is 1. The molecule has 0 atom stereocenters. The Kier molecular flexibility index (Phi) is 6.39. The first-order chi connectivity index (χ1) is 16.5. The van der Waals surface area contributed by atoms with Crippen LogP contribution < -0.4 is 4.90 Å². The van der Waals surface area contributed by atoms with Crippen molar-refractivity contribution < 1.29 is 9.90 Å².